The molecule has 0 saturated carbocycles. The molecule has 31 heavy (non-hydrogen) atoms. The molecule has 0 heterocycles. The number of hydrogen-bond acceptors (Lipinski definition) is 8. The van der Waals surface area contributed by atoms with Crippen LogP contribution in [0.5, 0.6) is 5.75 Å². The van der Waals surface area contributed by atoms with Crippen molar-refractivity contribution in [1.82, 2.24) is 0 Å². The van der Waals surface area contributed by atoms with Crippen LogP contribution < -0.4 is 0 Å². The van der Waals surface area contributed by atoms with E-state index < -0.39 is 47.5 Å². The average molecular weight is 426 g/mol. The fraction of sp³-hybridized carbons (Fsp3) is 0.391. The number of benzene rings is 1. The molecule has 0 aliphatic heterocycles. The molecular formula is C23H22O8. The topological polar surface area (TPSA) is 138 Å². The molecule has 0 radical (unpaired) electrons. The van der Waals surface area contributed by atoms with Gasteiger partial charge < -0.3 is 24.9 Å². The van der Waals surface area contributed by atoms with Gasteiger partial charge in [-0.15, -0.1) is 0 Å². The summed E-state index contributed by atoms with van der Waals surface area (Å²) in [6, 6.07) is 4.16. The van der Waals surface area contributed by atoms with E-state index in [4.69, 9.17) is 4.74 Å². The number of ether oxygens (including phenoxy) is 1. The van der Waals surface area contributed by atoms with Gasteiger partial charge in [-0.2, -0.15) is 0 Å². The Kier molecular flexibility index (Phi) is 5.15. The van der Waals surface area contributed by atoms with E-state index in [0.717, 1.165) is 7.11 Å². The largest absolute Gasteiger partial charge is 0.507 e. The Morgan fingerprint density at radius 1 is 1.19 bits per heavy atom. The lowest BCUT2D eigenvalue weighted by Crippen LogP contribution is -2.48. The van der Waals surface area contributed by atoms with Crippen molar-refractivity contribution in [3.63, 3.8) is 0 Å². The van der Waals surface area contributed by atoms with E-state index in [9.17, 15) is 34.5 Å². The normalized spacial score (nSPS) is 29.5. The summed E-state index contributed by atoms with van der Waals surface area (Å²) in [6.45, 7) is 1.36. The van der Waals surface area contributed by atoms with Gasteiger partial charge in [-0.1, -0.05) is 18.2 Å². The maximum absolute atomic E-state index is 13.2. The highest BCUT2D eigenvalue weighted by molar-refractivity contribution is 6.25. The second-order valence-electron chi connectivity index (χ2n) is 8.26. The minimum atomic E-state index is -1.44. The molecule has 4 unspecified atom stereocenters. The first kappa shape index (κ1) is 21.1. The predicted octanol–water partition coefficient (Wildman–Crippen LogP) is 1.13. The van der Waals surface area contributed by atoms with Crippen molar-refractivity contribution in [1.29, 1.82) is 0 Å². The van der Waals surface area contributed by atoms with Crippen LogP contribution in [-0.4, -0.2) is 58.0 Å². The summed E-state index contributed by atoms with van der Waals surface area (Å²) < 4.78 is 4.84. The van der Waals surface area contributed by atoms with Crippen LogP contribution in [0.1, 0.15) is 40.5 Å². The summed E-state index contributed by atoms with van der Waals surface area (Å²) in [5.41, 5.74) is 0.437. The molecule has 0 amide bonds. The molecule has 4 rings (SSSR count). The van der Waals surface area contributed by atoms with Crippen molar-refractivity contribution in [2.45, 2.75) is 32.0 Å². The Balaban J connectivity index is 1.88. The van der Waals surface area contributed by atoms with Crippen LogP contribution in [0.3, 0.4) is 0 Å². The number of aliphatic hydroxyl groups is 2. The molecule has 3 aliphatic rings. The number of Topliss-reactive ketones (excluding diaryl/α,β-unsaturated/α-hetero) is 3. The van der Waals surface area contributed by atoms with Crippen LogP contribution >= 0.6 is 0 Å². The number of rotatable bonds is 3. The number of fused-ring (bicyclic) bond motifs is 2. The van der Waals surface area contributed by atoms with Gasteiger partial charge in [0.1, 0.15) is 17.5 Å². The molecule has 8 heteroatoms. The van der Waals surface area contributed by atoms with E-state index in [0.29, 0.717) is 5.57 Å². The maximum atomic E-state index is 13.2. The van der Waals surface area contributed by atoms with Gasteiger partial charge in [0.15, 0.2) is 11.6 Å². The Morgan fingerprint density at radius 2 is 1.90 bits per heavy atom. The number of aliphatic hydroxyl groups excluding tert-OH is 2. The van der Waals surface area contributed by atoms with E-state index in [-0.39, 0.29) is 46.6 Å². The molecule has 0 fully saturated rings. The number of allylic oxidation sites excluding steroid dienone is 1. The van der Waals surface area contributed by atoms with E-state index in [1.807, 2.05) is 0 Å². The van der Waals surface area contributed by atoms with Gasteiger partial charge in [0.2, 0.25) is 0 Å². The van der Waals surface area contributed by atoms with Crippen molar-refractivity contribution in [2.24, 2.45) is 17.8 Å². The minimum Gasteiger partial charge on any atom is -0.507 e. The van der Waals surface area contributed by atoms with Crippen LogP contribution in [0, 0.1) is 17.8 Å². The molecule has 162 valence electrons. The molecule has 1 aromatic carbocycles. The first-order valence-corrected chi connectivity index (χ1v) is 9.96. The number of carbonyl (C=O) groups excluding carboxylic acids is 4. The smallest absolute Gasteiger partial charge is 0.315 e. The molecule has 1 aromatic rings. The van der Waals surface area contributed by atoms with Gasteiger partial charge in [-0.05, 0) is 36.5 Å². The second kappa shape index (κ2) is 7.55. The summed E-state index contributed by atoms with van der Waals surface area (Å²) in [5, 5.41) is 32.1. The fourth-order valence-corrected chi connectivity index (χ4v) is 5.03. The zero-order chi connectivity index (χ0) is 22.6. The Labute approximate surface area is 177 Å². The van der Waals surface area contributed by atoms with Crippen LogP contribution in [0.25, 0.3) is 0 Å². The summed E-state index contributed by atoms with van der Waals surface area (Å²) in [6.07, 6.45) is -1.24. The molecule has 0 aromatic heterocycles. The number of aromatic hydroxyl groups is 1. The van der Waals surface area contributed by atoms with E-state index in [2.05, 4.69) is 0 Å². The number of ketones is 3. The van der Waals surface area contributed by atoms with Crippen LogP contribution in [-0.2, 0) is 14.3 Å². The van der Waals surface area contributed by atoms with E-state index >= 15 is 0 Å². The number of carbonyl (C=O) groups is 4. The van der Waals surface area contributed by atoms with Crippen molar-refractivity contribution in [3.05, 3.63) is 52.1 Å². The number of esters is 1. The Hall–Kier alpha value is -3.10. The quantitative estimate of drug-likeness (QED) is 0.612. The number of phenols is 1. The third-order valence-electron chi connectivity index (χ3n) is 6.41. The Morgan fingerprint density at radius 3 is 2.55 bits per heavy atom. The van der Waals surface area contributed by atoms with E-state index in [1.165, 1.54) is 31.2 Å². The van der Waals surface area contributed by atoms with Crippen LogP contribution in [0.15, 0.2) is 41.0 Å². The molecule has 0 saturated heterocycles. The van der Waals surface area contributed by atoms with Gasteiger partial charge in [-0.25, -0.2) is 0 Å². The first-order chi connectivity index (χ1) is 14.7. The SMILES string of the molecule is COC(=O)C1C2=C(CC(CC(C)=O)[C@H]1O)C(O)C1C(=O)c3c(O)cccc3C(=O)C1=C2. The molecule has 3 N–H and O–H groups in total. The zero-order valence-corrected chi connectivity index (χ0v) is 17.0. The lowest BCUT2D eigenvalue weighted by atomic mass is 9.63. The molecule has 0 bridgehead atoms. The highest BCUT2D eigenvalue weighted by Crippen LogP contribution is 2.48. The summed E-state index contributed by atoms with van der Waals surface area (Å²) in [4.78, 5) is 50.5. The van der Waals surface area contributed by atoms with Crippen molar-refractivity contribution in [3.8, 4) is 5.75 Å². The lowest BCUT2D eigenvalue weighted by molar-refractivity contribution is -0.150. The molecule has 0 spiro atoms. The van der Waals surface area contributed by atoms with Crippen molar-refractivity contribution in [2.75, 3.05) is 7.11 Å². The van der Waals surface area contributed by atoms with Crippen LogP contribution in [0.4, 0.5) is 0 Å². The van der Waals surface area contributed by atoms with Gasteiger partial charge in [0, 0.05) is 17.6 Å². The third-order valence-corrected chi connectivity index (χ3v) is 6.41. The third kappa shape index (κ3) is 3.14. The predicted molar refractivity (Wildman–Crippen MR) is 106 cm³/mol. The average Bonchev–Trinajstić information content (AvgIpc) is 2.72. The monoisotopic (exact) mass is 426 g/mol. The second-order valence-corrected chi connectivity index (χ2v) is 8.26. The van der Waals surface area contributed by atoms with Gasteiger partial charge in [-0.3, -0.25) is 14.4 Å². The van der Waals surface area contributed by atoms with Gasteiger partial charge in [0.05, 0.1) is 30.8 Å². The Bertz CT molecular complexity index is 1080. The first-order valence-electron chi connectivity index (χ1n) is 9.96. The van der Waals surface area contributed by atoms with Crippen molar-refractivity contribution < 1.29 is 39.2 Å². The lowest BCUT2D eigenvalue weighted by Gasteiger charge is -2.42. The molecular weight excluding hydrogens is 404 g/mol. The van der Waals surface area contributed by atoms with Crippen LogP contribution in [0.2, 0.25) is 0 Å². The fourth-order valence-electron chi connectivity index (χ4n) is 5.03. The van der Waals surface area contributed by atoms with Crippen molar-refractivity contribution >= 4 is 23.3 Å². The zero-order valence-electron chi connectivity index (χ0n) is 17.0. The maximum Gasteiger partial charge on any atom is 0.315 e. The molecule has 8 nitrogen and oxygen atoms in total. The minimum absolute atomic E-state index is 0.000436. The summed E-state index contributed by atoms with van der Waals surface area (Å²) in [7, 11) is 1.16. The number of methoxy groups -OCH3 is 1. The van der Waals surface area contributed by atoms with E-state index in [1.54, 1.807) is 0 Å². The summed E-state index contributed by atoms with van der Waals surface area (Å²) >= 11 is 0. The summed E-state index contributed by atoms with van der Waals surface area (Å²) in [5.74, 6) is -5.52. The standard InChI is InChI=1S/C23H22O8/c1-9(24)6-10-7-13-12(18(19(10)26)23(30)31-2)8-14-17(21(13)28)22(29)16-11(20(14)27)4-3-5-15(16)25/h3-5,8,10,17-19,21,25-26,28H,6-7H2,1-2H3/t10?,17?,18?,19-,21?/m1/s1. The van der Waals surface area contributed by atoms with Gasteiger partial charge >= 0.3 is 5.97 Å². The highest BCUT2D eigenvalue weighted by atomic mass is 16.5. The highest BCUT2D eigenvalue weighted by Gasteiger charge is 2.51. The molecule has 5 atom stereocenters. The number of phenolic OH excluding ortho intramolecular Hbond substituents is 1. The molecule has 3 aliphatic carbocycles. The number of hydrogen-bond donors (Lipinski definition) is 3. The van der Waals surface area contributed by atoms with Gasteiger partial charge in [0.25, 0.3) is 0 Å².